The zero-order valence-corrected chi connectivity index (χ0v) is 14.1. The van der Waals surface area contributed by atoms with Crippen LogP contribution < -0.4 is 0 Å². The summed E-state index contributed by atoms with van der Waals surface area (Å²) >= 11 is 0. The molecule has 2 fully saturated rings. The van der Waals surface area contributed by atoms with Crippen molar-refractivity contribution < 1.29 is 9.53 Å². The van der Waals surface area contributed by atoms with Crippen molar-refractivity contribution >= 4 is 6.09 Å². The first-order chi connectivity index (χ1) is 11.2. The van der Waals surface area contributed by atoms with Gasteiger partial charge in [-0.25, -0.2) is 4.79 Å². The summed E-state index contributed by atoms with van der Waals surface area (Å²) in [7, 11) is 0. The Morgan fingerprint density at radius 3 is 2.57 bits per heavy atom. The highest BCUT2D eigenvalue weighted by Crippen LogP contribution is 2.23. The van der Waals surface area contributed by atoms with Gasteiger partial charge in [-0.3, -0.25) is 4.90 Å². The van der Waals surface area contributed by atoms with Gasteiger partial charge < -0.3 is 9.64 Å². The monoisotopic (exact) mass is 316 g/mol. The molecule has 2 aliphatic heterocycles. The van der Waals surface area contributed by atoms with Crippen molar-refractivity contribution in [2.75, 3.05) is 26.2 Å². The average molecular weight is 316 g/mol. The van der Waals surface area contributed by atoms with E-state index in [-0.39, 0.29) is 6.09 Å². The molecule has 0 unspecified atom stereocenters. The first kappa shape index (κ1) is 16.3. The summed E-state index contributed by atoms with van der Waals surface area (Å²) in [6.07, 6.45) is 4.67. The molecule has 0 radical (unpaired) electrons. The maximum Gasteiger partial charge on any atom is 0.410 e. The molecule has 0 aromatic heterocycles. The molecule has 2 saturated heterocycles. The first-order valence-electron chi connectivity index (χ1n) is 8.92. The normalized spacial score (nSPS) is 23.7. The molecule has 0 aliphatic carbocycles. The minimum atomic E-state index is -0.167. The van der Waals surface area contributed by atoms with E-state index in [1.807, 2.05) is 35.2 Å². The van der Waals surface area contributed by atoms with Crippen LogP contribution in [0.1, 0.15) is 38.2 Å². The molecule has 126 valence electrons. The zero-order valence-electron chi connectivity index (χ0n) is 14.1. The van der Waals surface area contributed by atoms with E-state index in [1.54, 1.807) is 0 Å². The summed E-state index contributed by atoms with van der Waals surface area (Å²) in [5, 5.41) is 0. The summed E-state index contributed by atoms with van der Waals surface area (Å²) in [4.78, 5) is 16.7. The van der Waals surface area contributed by atoms with Crippen molar-refractivity contribution in [2.45, 2.75) is 45.3 Å². The molecular weight excluding hydrogens is 288 g/mol. The molecule has 0 spiro atoms. The van der Waals surface area contributed by atoms with Crippen molar-refractivity contribution in [3.63, 3.8) is 0 Å². The number of rotatable bonds is 3. The van der Waals surface area contributed by atoms with Crippen molar-refractivity contribution in [1.29, 1.82) is 0 Å². The number of benzene rings is 1. The molecule has 1 atom stereocenters. The Hall–Kier alpha value is -1.55. The number of hydrogen-bond donors (Lipinski definition) is 0. The summed E-state index contributed by atoms with van der Waals surface area (Å²) < 4.78 is 5.44. The van der Waals surface area contributed by atoms with Gasteiger partial charge in [0.1, 0.15) is 6.61 Å². The topological polar surface area (TPSA) is 32.8 Å². The van der Waals surface area contributed by atoms with E-state index < -0.39 is 0 Å². The molecule has 2 heterocycles. The van der Waals surface area contributed by atoms with Crippen LogP contribution in [0.5, 0.6) is 0 Å². The number of ether oxygens (including phenoxy) is 1. The fraction of sp³-hybridized carbons (Fsp3) is 0.632. The standard InChI is InChI=1S/C19H28N2O2/c1-16-6-5-11-21(14-16)18-9-12-20(13-10-18)19(22)23-15-17-7-3-2-4-8-17/h2-4,7-8,16,18H,5-6,9-15H2,1H3/t16-/m1/s1. The SMILES string of the molecule is C[C@@H]1CCCN(C2CCN(C(=O)OCc3ccccc3)CC2)C1. The summed E-state index contributed by atoms with van der Waals surface area (Å²) in [5.74, 6) is 0.817. The van der Waals surface area contributed by atoms with Gasteiger partial charge in [0.05, 0.1) is 0 Å². The van der Waals surface area contributed by atoms with Crippen molar-refractivity contribution in [1.82, 2.24) is 9.80 Å². The number of carbonyl (C=O) groups excluding carboxylic acids is 1. The van der Waals surface area contributed by atoms with Crippen LogP contribution in [0.15, 0.2) is 30.3 Å². The third kappa shape index (κ3) is 4.47. The van der Waals surface area contributed by atoms with E-state index in [1.165, 1.54) is 25.9 Å². The number of nitrogens with zero attached hydrogens (tertiary/aromatic N) is 2. The Balaban J connectivity index is 1.42. The molecular formula is C19H28N2O2. The number of hydrogen-bond acceptors (Lipinski definition) is 3. The van der Waals surface area contributed by atoms with Crippen LogP contribution in [-0.4, -0.2) is 48.1 Å². The Morgan fingerprint density at radius 2 is 1.87 bits per heavy atom. The van der Waals surface area contributed by atoms with Crippen molar-refractivity contribution in [2.24, 2.45) is 5.92 Å². The number of amides is 1. The third-order valence-electron chi connectivity index (χ3n) is 5.13. The lowest BCUT2D eigenvalue weighted by Gasteiger charge is -2.41. The molecule has 0 bridgehead atoms. The minimum Gasteiger partial charge on any atom is -0.445 e. The summed E-state index contributed by atoms with van der Waals surface area (Å²) in [6.45, 7) is 6.81. The highest BCUT2D eigenvalue weighted by Gasteiger charge is 2.29. The van der Waals surface area contributed by atoms with E-state index in [4.69, 9.17) is 4.74 Å². The molecule has 1 amide bonds. The van der Waals surface area contributed by atoms with Crippen molar-refractivity contribution in [3.05, 3.63) is 35.9 Å². The number of piperidine rings is 2. The smallest absolute Gasteiger partial charge is 0.410 e. The number of likely N-dealkylation sites (tertiary alicyclic amines) is 2. The van der Waals surface area contributed by atoms with Crippen LogP contribution in [0.3, 0.4) is 0 Å². The molecule has 1 aromatic carbocycles. The van der Waals surface area contributed by atoms with Crippen LogP contribution in [0.4, 0.5) is 4.79 Å². The van der Waals surface area contributed by atoms with Crippen LogP contribution in [-0.2, 0) is 11.3 Å². The van der Waals surface area contributed by atoms with Gasteiger partial charge in [-0.1, -0.05) is 37.3 Å². The second kappa shape index (κ2) is 7.82. The molecule has 3 rings (SSSR count). The highest BCUT2D eigenvalue weighted by atomic mass is 16.6. The second-order valence-corrected chi connectivity index (χ2v) is 7.00. The Bertz CT molecular complexity index is 497. The zero-order chi connectivity index (χ0) is 16.1. The lowest BCUT2D eigenvalue weighted by molar-refractivity contribution is 0.0553. The molecule has 4 nitrogen and oxygen atoms in total. The van der Waals surface area contributed by atoms with Gasteiger partial charge in [0.25, 0.3) is 0 Å². The molecule has 1 aromatic rings. The van der Waals surface area contributed by atoms with Gasteiger partial charge in [0.2, 0.25) is 0 Å². The summed E-state index contributed by atoms with van der Waals surface area (Å²) in [6, 6.07) is 10.5. The maximum absolute atomic E-state index is 12.2. The number of carbonyl (C=O) groups is 1. The lowest BCUT2D eigenvalue weighted by Crippen LogP contribution is -2.49. The van der Waals surface area contributed by atoms with Crippen LogP contribution in [0, 0.1) is 5.92 Å². The maximum atomic E-state index is 12.2. The fourth-order valence-corrected chi connectivity index (χ4v) is 3.78. The van der Waals surface area contributed by atoms with E-state index in [9.17, 15) is 4.79 Å². The Labute approximate surface area is 139 Å². The highest BCUT2D eigenvalue weighted by molar-refractivity contribution is 5.67. The van der Waals surface area contributed by atoms with Gasteiger partial charge in [-0.2, -0.15) is 0 Å². The largest absolute Gasteiger partial charge is 0.445 e. The lowest BCUT2D eigenvalue weighted by atomic mass is 9.95. The molecule has 0 saturated carbocycles. The summed E-state index contributed by atoms with van der Waals surface area (Å²) in [5.41, 5.74) is 1.04. The van der Waals surface area contributed by atoms with Gasteiger partial charge in [-0.15, -0.1) is 0 Å². The Morgan fingerprint density at radius 1 is 1.13 bits per heavy atom. The molecule has 23 heavy (non-hydrogen) atoms. The predicted molar refractivity (Wildman–Crippen MR) is 91.2 cm³/mol. The second-order valence-electron chi connectivity index (χ2n) is 7.00. The predicted octanol–water partition coefficient (Wildman–Crippen LogP) is 3.52. The van der Waals surface area contributed by atoms with E-state index in [0.717, 1.165) is 37.4 Å². The minimum absolute atomic E-state index is 0.167. The first-order valence-corrected chi connectivity index (χ1v) is 8.92. The quantitative estimate of drug-likeness (QED) is 0.855. The van der Waals surface area contributed by atoms with Crippen LogP contribution >= 0.6 is 0 Å². The van der Waals surface area contributed by atoms with E-state index in [2.05, 4.69) is 11.8 Å². The average Bonchev–Trinajstić information content (AvgIpc) is 2.61. The van der Waals surface area contributed by atoms with Gasteiger partial charge in [-0.05, 0) is 43.7 Å². The van der Waals surface area contributed by atoms with Crippen LogP contribution in [0.2, 0.25) is 0 Å². The fourth-order valence-electron chi connectivity index (χ4n) is 3.78. The third-order valence-corrected chi connectivity index (χ3v) is 5.13. The van der Waals surface area contributed by atoms with Gasteiger partial charge >= 0.3 is 6.09 Å². The molecule has 2 aliphatic rings. The Kier molecular flexibility index (Phi) is 5.55. The molecule has 0 N–H and O–H groups in total. The van der Waals surface area contributed by atoms with E-state index in [0.29, 0.717) is 12.6 Å². The van der Waals surface area contributed by atoms with Gasteiger partial charge in [0, 0.05) is 25.7 Å². The van der Waals surface area contributed by atoms with Crippen LogP contribution in [0.25, 0.3) is 0 Å². The van der Waals surface area contributed by atoms with Gasteiger partial charge in [0.15, 0.2) is 0 Å². The molecule has 4 heteroatoms. The van der Waals surface area contributed by atoms with E-state index >= 15 is 0 Å². The van der Waals surface area contributed by atoms with Crippen molar-refractivity contribution in [3.8, 4) is 0 Å².